The third-order valence-corrected chi connectivity index (χ3v) is 2.36. The van der Waals surface area contributed by atoms with E-state index in [9.17, 15) is 8.78 Å². The Bertz CT molecular complexity index is 590. The van der Waals surface area contributed by atoms with Gasteiger partial charge in [0, 0.05) is 11.8 Å². The van der Waals surface area contributed by atoms with Crippen molar-refractivity contribution in [3.05, 3.63) is 42.0 Å². The molecule has 1 aromatic carbocycles. The van der Waals surface area contributed by atoms with Gasteiger partial charge < -0.3 is 15.8 Å². The standard InChI is InChI=1S/C13H13F2N3O/c1-2-19-13-11(16)5-6-12(18-13)17-8-3-4-9(14)10(15)7-8/h3-7H,2,16H2,1H3,(H,17,18). The molecule has 0 unspecified atom stereocenters. The predicted octanol–water partition coefficient (Wildman–Crippen LogP) is 3.08. The highest BCUT2D eigenvalue weighted by Gasteiger charge is 2.06. The van der Waals surface area contributed by atoms with Crippen molar-refractivity contribution in [2.45, 2.75) is 6.92 Å². The van der Waals surface area contributed by atoms with Crippen LogP contribution in [0.15, 0.2) is 30.3 Å². The highest BCUT2D eigenvalue weighted by Crippen LogP contribution is 2.23. The fourth-order valence-electron chi connectivity index (χ4n) is 1.49. The van der Waals surface area contributed by atoms with Crippen LogP contribution in [0.5, 0.6) is 5.88 Å². The van der Waals surface area contributed by atoms with E-state index in [1.54, 1.807) is 12.1 Å². The first kappa shape index (κ1) is 13.1. The monoisotopic (exact) mass is 265 g/mol. The summed E-state index contributed by atoms with van der Waals surface area (Å²) in [7, 11) is 0. The summed E-state index contributed by atoms with van der Waals surface area (Å²) < 4.78 is 31.1. The van der Waals surface area contributed by atoms with Crippen molar-refractivity contribution in [2.75, 3.05) is 17.7 Å². The first-order chi connectivity index (χ1) is 9.10. The van der Waals surface area contributed by atoms with Gasteiger partial charge in [0.05, 0.1) is 12.3 Å². The molecule has 0 bridgehead atoms. The van der Waals surface area contributed by atoms with Crippen LogP contribution in [0.4, 0.5) is 26.0 Å². The summed E-state index contributed by atoms with van der Waals surface area (Å²) in [5.74, 6) is -1.09. The summed E-state index contributed by atoms with van der Waals surface area (Å²) >= 11 is 0. The van der Waals surface area contributed by atoms with E-state index in [-0.39, 0.29) is 0 Å². The second kappa shape index (κ2) is 5.51. The molecule has 4 nitrogen and oxygen atoms in total. The highest BCUT2D eigenvalue weighted by molar-refractivity contribution is 5.60. The van der Waals surface area contributed by atoms with Gasteiger partial charge in [0.1, 0.15) is 5.82 Å². The SMILES string of the molecule is CCOc1nc(Nc2ccc(F)c(F)c2)ccc1N. The highest BCUT2D eigenvalue weighted by atomic mass is 19.2. The summed E-state index contributed by atoms with van der Waals surface area (Å²) in [6.45, 7) is 2.25. The third-order valence-electron chi connectivity index (χ3n) is 2.36. The largest absolute Gasteiger partial charge is 0.476 e. The molecule has 0 fully saturated rings. The van der Waals surface area contributed by atoms with Crippen molar-refractivity contribution in [3.63, 3.8) is 0 Å². The number of anilines is 3. The molecule has 1 heterocycles. The zero-order valence-corrected chi connectivity index (χ0v) is 10.3. The number of hydrogen-bond acceptors (Lipinski definition) is 4. The number of nitrogens with one attached hydrogen (secondary N) is 1. The maximum atomic E-state index is 13.1. The van der Waals surface area contributed by atoms with Crippen molar-refractivity contribution in [1.82, 2.24) is 4.98 Å². The number of nitrogen functional groups attached to an aromatic ring is 1. The molecule has 0 amide bonds. The quantitative estimate of drug-likeness (QED) is 0.891. The first-order valence-corrected chi connectivity index (χ1v) is 5.71. The van der Waals surface area contributed by atoms with Crippen molar-refractivity contribution in [3.8, 4) is 5.88 Å². The number of benzene rings is 1. The van der Waals surface area contributed by atoms with E-state index < -0.39 is 11.6 Å². The van der Waals surface area contributed by atoms with E-state index in [0.717, 1.165) is 12.1 Å². The second-order valence-corrected chi connectivity index (χ2v) is 3.78. The molecule has 100 valence electrons. The maximum absolute atomic E-state index is 13.1. The van der Waals surface area contributed by atoms with E-state index in [1.807, 2.05) is 6.92 Å². The number of nitrogens with two attached hydrogens (primary N) is 1. The molecule has 0 aliphatic rings. The molecule has 0 saturated heterocycles. The molecular formula is C13H13F2N3O. The molecule has 3 N–H and O–H groups in total. The molecule has 0 aliphatic heterocycles. The fraction of sp³-hybridized carbons (Fsp3) is 0.154. The number of ether oxygens (including phenoxy) is 1. The van der Waals surface area contributed by atoms with Crippen LogP contribution in [0.25, 0.3) is 0 Å². The molecule has 0 saturated carbocycles. The average Bonchev–Trinajstić information content (AvgIpc) is 2.38. The van der Waals surface area contributed by atoms with E-state index in [0.29, 0.717) is 29.7 Å². The summed E-state index contributed by atoms with van der Waals surface area (Å²) in [5, 5.41) is 2.84. The van der Waals surface area contributed by atoms with E-state index >= 15 is 0 Å². The van der Waals surface area contributed by atoms with Crippen LogP contribution >= 0.6 is 0 Å². The number of rotatable bonds is 4. The van der Waals surface area contributed by atoms with Crippen LogP contribution in [0.2, 0.25) is 0 Å². The lowest BCUT2D eigenvalue weighted by Crippen LogP contribution is -2.02. The fourth-order valence-corrected chi connectivity index (χ4v) is 1.49. The van der Waals surface area contributed by atoms with Gasteiger partial charge in [-0.25, -0.2) is 8.78 Å². The van der Waals surface area contributed by atoms with Crippen molar-refractivity contribution in [1.29, 1.82) is 0 Å². The Labute approximate surface area is 109 Å². The van der Waals surface area contributed by atoms with Gasteiger partial charge in [-0.3, -0.25) is 0 Å². The van der Waals surface area contributed by atoms with Gasteiger partial charge in [-0.15, -0.1) is 0 Å². The molecule has 2 aromatic rings. The third kappa shape index (κ3) is 3.09. The lowest BCUT2D eigenvalue weighted by molar-refractivity contribution is 0.329. The van der Waals surface area contributed by atoms with Crippen LogP contribution in [0.1, 0.15) is 6.92 Å². The zero-order valence-electron chi connectivity index (χ0n) is 10.3. The predicted molar refractivity (Wildman–Crippen MR) is 69.5 cm³/mol. The smallest absolute Gasteiger partial charge is 0.239 e. The van der Waals surface area contributed by atoms with Gasteiger partial charge in [0.15, 0.2) is 11.6 Å². The Balaban J connectivity index is 2.22. The number of pyridine rings is 1. The minimum Gasteiger partial charge on any atom is -0.476 e. The normalized spacial score (nSPS) is 10.3. The molecule has 1 aromatic heterocycles. The number of halogens is 2. The molecule has 0 aliphatic carbocycles. The van der Waals surface area contributed by atoms with Gasteiger partial charge in [-0.1, -0.05) is 0 Å². The molecule has 19 heavy (non-hydrogen) atoms. The second-order valence-electron chi connectivity index (χ2n) is 3.78. The van der Waals surface area contributed by atoms with E-state index in [4.69, 9.17) is 10.5 Å². The van der Waals surface area contributed by atoms with Gasteiger partial charge in [-0.2, -0.15) is 4.98 Å². The number of nitrogens with zero attached hydrogens (tertiary/aromatic N) is 1. The number of hydrogen-bond donors (Lipinski definition) is 2. The Morgan fingerprint density at radius 2 is 2.00 bits per heavy atom. The average molecular weight is 265 g/mol. The lowest BCUT2D eigenvalue weighted by atomic mass is 10.3. The Morgan fingerprint density at radius 3 is 2.68 bits per heavy atom. The van der Waals surface area contributed by atoms with Gasteiger partial charge >= 0.3 is 0 Å². The Kier molecular flexibility index (Phi) is 3.79. The Morgan fingerprint density at radius 1 is 1.21 bits per heavy atom. The first-order valence-electron chi connectivity index (χ1n) is 5.71. The van der Waals surface area contributed by atoms with Crippen molar-refractivity contribution in [2.24, 2.45) is 0 Å². The van der Waals surface area contributed by atoms with E-state index in [1.165, 1.54) is 6.07 Å². The summed E-state index contributed by atoms with van der Waals surface area (Å²) in [6, 6.07) is 6.75. The van der Waals surface area contributed by atoms with Crippen molar-refractivity contribution >= 4 is 17.2 Å². The molecule has 6 heteroatoms. The van der Waals surface area contributed by atoms with Crippen LogP contribution < -0.4 is 15.8 Å². The topological polar surface area (TPSA) is 60.2 Å². The summed E-state index contributed by atoms with van der Waals surface area (Å²) in [5.41, 5.74) is 6.49. The minimum atomic E-state index is -0.925. The zero-order chi connectivity index (χ0) is 13.8. The summed E-state index contributed by atoms with van der Waals surface area (Å²) in [4.78, 5) is 4.13. The molecular weight excluding hydrogens is 252 g/mol. The van der Waals surface area contributed by atoms with Crippen LogP contribution in [-0.4, -0.2) is 11.6 Å². The number of aromatic nitrogens is 1. The van der Waals surface area contributed by atoms with Crippen LogP contribution in [0.3, 0.4) is 0 Å². The molecule has 0 spiro atoms. The molecule has 0 radical (unpaired) electrons. The van der Waals surface area contributed by atoms with Crippen LogP contribution in [0, 0.1) is 11.6 Å². The van der Waals surface area contributed by atoms with Gasteiger partial charge in [0.25, 0.3) is 0 Å². The lowest BCUT2D eigenvalue weighted by Gasteiger charge is -2.10. The molecule has 0 atom stereocenters. The van der Waals surface area contributed by atoms with E-state index in [2.05, 4.69) is 10.3 Å². The molecule has 2 rings (SSSR count). The minimum absolute atomic E-state index is 0.301. The van der Waals surface area contributed by atoms with Gasteiger partial charge in [-0.05, 0) is 31.2 Å². The van der Waals surface area contributed by atoms with Crippen LogP contribution in [-0.2, 0) is 0 Å². The maximum Gasteiger partial charge on any atom is 0.239 e. The van der Waals surface area contributed by atoms with Gasteiger partial charge in [0.2, 0.25) is 5.88 Å². The Hall–Kier alpha value is -2.37. The van der Waals surface area contributed by atoms with Crippen molar-refractivity contribution < 1.29 is 13.5 Å². The summed E-state index contributed by atoms with van der Waals surface area (Å²) in [6.07, 6.45) is 0.